The van der Waals surface area contributed by atoms with E-state index in [1.807, 2.05) is 36.4 Å². The van der Waals surface area contributed by atoms with Crippen LogP contribution >= 0.6 is 0 Å². The topological polar surface area (TPSA) is 84.1 Å². The van der Waals surface area contributed by atoms with Crippen LogP contribution in [0.3, 0.4) is 0 Å². The lowest BCUT2D eigenvalue weighted by Gasteiger charge is -2.33. The molecule has 0 saturated carbocycles. The van der Waals surface area contributed by atoms with Crippen LogP contribution in [0.5, 0.6) is 0 Å². The largest absolute Gasteiger partial charge is 0.379 e. The molecule has 2 aromatic carbocycles. The lowest BCUT2D eigenvalue weighted by atomic mass is 9.98. The molecule has 0 unspecified atom stereocenters. The molecule has 0 radical (unpaired) electrons. The van der Waals surface area contributed by atoms with Crippen molar-refractivity contribution in [2.45, 2.75) is 26.3 Å². The lowest BCUT2D eigenvalue weighted by Crippen LogP contribution is -2.33. The number of amides is 1. The molecule has 1 fully saturated rings. The van der Waals surface area contributed by atoms with Crippen LogP contribution in [0, 0.1) is 5.92 Å². The SMILES string of the molecule is CC1CCN(c2ccc(C(N)=O)cc2NCc2ccc3nccnc3c2)CC1. The fraction of sp³-hybridized carbons (Fsp3) is 0.318. The van der Waals surface area contributed by atoms with E-state index < -0.39 is 5.91 Å². The summed E-state index contributed by atoms with van der Waals surface area (Å²) in [5.74, 6) is 0.346. The number of fused-ring (bicyclic) bond motifs is 1. The van der Waals surface area contributed by atoms with Gasteiger partial charge in [-0.2, -0.15) is 0 Å². The van der Waals surface area contributed by atoms with Gasteiger partial charge in [-0.1, -0.05) is 13.0 Å². The van der Waals surface area contributed by atoms with Gasteiger partial charge in [0, 0.05) is 37.6 Å². The van der Waals surface area contributed by atoms with Gasteiger partial charge < -0.3 is 16.0 Å². The van der Waals surface area contributed by atoms with Gasteiger partial charge in [-0.25, -0.2) is 0 Å². The Bertz CT molecular complexity index is 995. The normalized spacial score (nSPS) is 15.0. The van der Waals surface area contributed by atoms with Crippen LogP contribution in [0.4, 0.5) is 11.4 Å². The van der Waals surface area contributed by atoms with Crippen molar-refractivity contribution >= 4 is 28.3 Å². The number of hydrogen-bond acceptors (Lipinski definition) is 5. The average Bonchev–Trinajstić information content (AvgIpc) is 2.72. The van der Waals surface area contributed by atoms with Gasteiger partial charge in [-0.05, 0) is 54.7 Å². The third-order valence-corrected chi connectivity index (χ3v) is 5.42. The molecule has 1 saturated heterocycles. The van der Waals surface area contributed by atoms with Gasteiger partial charge in [-0.15, -0.1) is 0 Å². The third kappa shape index (κ3) is 3.91. The van der Waals surface area contributed by atoms with E-state index in [4.69, 9.17) is 5.73 Å². The maximum atomic E-state index is 11.7. The van der Waals surface area contributed by atoms with Gasteiger partial charge in [0.25, 0.3) is 0 Å². The Hall–Kier alpha value is -3.15. The van der Waals surface area contributed by atoms with Crippen molar-refractivity contribution in [2.24, 2.45) is 11.7 Å². The van der Waals surface area contributed by atoms with E-state index in [9.17, 15) is 4.79 Å². The standard InChI is InChI=1S/C22H25N5O/c1-15-6-10-27(11-7-15)21-5-3-17(22(23)28)13-20(21)26-14-16-2-4-18-19(12-16)25-9-8-24-18/h2-5,8-9,12-13,15,26H,6-7,10-11,14H2,1H3,(H2,23,28). The first-order chi connectivity index (χ1) is 13.6. The molecular formula is C22H25N5O. The van der Waals surface area contributed by atoms with E-state index in [-0.39, 0.29) is 0 Å². The molecule has 28 heavy (non-hydrogen) atoms. The second-order valence-corrected chi connectivity index (χ2v) is 7.50. The zero-order valence-corrected chi connectivity index (χ0v) is 16.1. The monoisotopic (exact) mass is 375 g/mol. The van der Waals surface area contributed by atoms with Gasteiger partial charge in [0.2, 0.25) is 5.91 Å². The van der Waals surface area contributed by atoms with Gasteiger partial charge in [0.05, 0.1) is 22.4 Å². The highest BCUT2D eigenvalue weighted by Gasteiger charge is 2.19. The Labute approximate surface area is 164 Å². The van der Waals surface area contributed by atoms with Crippen molar-refractivity contribution in [3.63, 3.8) is 0 Å². The molecule has 1 aliphatic heterocycles. The van der Waals surface area contributed by atoms with E-state index in [2.05, 4.69) is 27.1 Å². The first-order valence-electron chi connectivity index (χ1n) is 9.72. The van der Waals surface area contributed by atoms with Crippen molar-refractivity contribution in [3.8, 4) is 0 Å². The molecule has 0 spiro atoms. The molecule has 3 N–H and O–H groups in total. The minimum absolute atomic E-state index is 0.414. The van der Waals surface area contributed by atoms with Crippen molar-refractivity contribution in [1.29, 1.82) is 0 Å². The summed E-state index contributed by atoms with van der Waals surface area (Å²) in [6.07, 6.45) is 5.76. The quantitative estimate of drug-likeness (QED) is 0.712. The van der Waals surface area contributed by atoms with Crippen molar-refractivity contribution in [2.75, 3.05) is 23.3 Å². The lowest BCUT2D eigenvalue weighted by molar-refractivity contribution is 0.100. The highest BCUT2D eigenvalue weighted by molar-refractivity contribution is 5.95. The highest BCUT2D eigenvalue weighted by atomic mass is 16.1. The Morgan fingerprint density at radius 3 is 2.61 bits per heavy atom. The summed E-state index contributed by atoms with van der Waals surface area (Å²) < 4.78 is 0. The molecule has 144 valence electrons. The smallest absolute Gasteiger partial charge is 0.248 e. The predicted molar refractivity (Wildman–Crippen MR) is 112 cm³/mol. The number of piperidine rings is 1. The fourth-order valence-corrected chi connectivity index (χ4v) is 3.67. The van der Waals surface area contributed by atoms with Gasteiger partial charge in [-0.3, -0.25) is 14.8 Å². The maximum absolute atomic E-state index is 11.7. The minimum Gasteiger partial charge on any atom is -0.379 e. The summed E-state index contributed by atoms with van der Waals surface area (Å²) in [7, 11) is 0. The first-order valence-corrected chi connectivity index (χ1v) is 9.72. The molecule has 3 aromatic rings. The van der Waals surface area contributed by atoms with Crippen molar-refractivity contribution in [3.05, 3.63) is 59.9 Å². The number of benzene rings is 2. The van der Waals surface area contributed by atoms with E-state index in [0.717, 1.165) is 47.0 Å². The van der Waals surface area contributed by atoms with E-state index >= 15 is 0 Å². The molecule has 1 aliphatic rings. The van der Waals surface area contributed by atoms with Crippen LogP contribution in [-0.2, 0) is 6.54 Å². The Morgan fingerprint density at radius 1 is 1.11 bits per heavy atom. The van der Waals surface area contributed by atoms with Crippen LogP contribution < -0.4 is 16.0 Å². The molecule has 6 heteroatoms. The highest BCUT2D eigenvalue weighted by Crippen LogP contribution is 2.31. The average molecular weight is 375 g/mol. The zero-order chi connectivity index (χ0) is 19.5. The summed E-state index contributed by atoms with van der Waals surface area (Å²) in [5.41, 5.74) is 10.9. The molecule has 0 atom stereocenters. The van der Waals surface area contributed by atoms with E-state index in [0.29, 0.717) is 12.1 Å². The van der Waals surface area contributed by atoms with E-state index in [1.165, 1.54) is 12.8 Å². The number of carbonyl (C=O) groups excluding carboxylic acids is 1. The number of carbonyl (C=O) groups is 1. The molecule has 4 rings (SSSR count). The van der Waals surface area contributed by atoms with Crippen molar-refractivity contribution in [1.82, 2.24) is 9.97 Å². The van der Waals surface area contributed by atoms with Crippen LogP contribution in [0.1, 0.15) is 35.7 Å². The number of nitrogens with two attached hydrogens (primary N) is 1. The van der Waals surface area contributed by atoms with Crippen LogP contribution in [-0.4, -0.2) is 29.0 Å². The zero-order valence-electron chi connectivity index (χ0n) is 16.1. The molecule has 2 heterocycles. The van der Waals surface area contributed by atoms with Gasteiger partial charge >= 0.3 is 0 Å². The summed E-state index contributed by atoms with van der Waals surface area (Å²) in [6.45, 7) is 4.98. The fourth-order valence-electron chi connectivity index (χ4n) is 3.67. The summed E-state index contributed by atoms with van der Waals surface area (Å²) in [5, 5.41) is 3.50. The van der Waals surface area contributed by atoms with Crippen molar-refractivity contribution < 1.29 is 4.79 Å². The predicted octanol–water partition coefficient (Wildman–Crippen LogP) is 3.58. The van der Waals surface area contributed by atoms with Crippen LogP contribution in [0.2, 0.25) is 0 Å². The Morgan fingerprint density at radius 2 is 1.86 bits per heavy atom. The second kappa shape index (κ2) is 7.84. The van der Waals surface area contributed by atoms with E-state index in [1.54, 1.807) is 12.4 Å². The molecule has 0 aliphatic carbocycles. The number of hydrogen-bond donors (Lipinski definition) is 2. The summed E-state index contributed by atoms with van der Waals surface area (Å²) in [4.78, 5) is 22.7. The molecule has 0 bridgehead atoms. The Kier molecular flexibility index (Phi) is 5.10. The van der Waals surface area contributed by atoms with Crippen LogP contribution in [0.25, 0.3) is 11.0 Å². The molecule has 1 aromatic heterocycles. The summed E-state index contributed by atoms with van der Waals surface area (Å²) >= 11 is 0. The second-order valence-electron chi connectivity index (χ2n) is 7.50. The maximum Gasteiger partial charge on any atom is 0.248 e. The van der Waals surface area contributed by atoms with Gasteiger partial charge in [0.15, 0.2) is 0 Å². The van der Waals surface area contributed by atoms with Gasteiger partial charge in [0.1, 0.15) is 0 Å². The number of nitrogens with one attached hydrogen (secondary N) is 1. The first kappa shape index (κ1) is 18.2. The third-order valence-electron chi connectivity index (χ3n) is 5.42. The summed E-state index contributed by atoms with van der Waals surface area (Å²) in [6, 6.07) is 11.7. The Balaban J connectivity index is 1.58. The number of aromatic nitrogens is 2. The number of primary amides is 1. The number of rotatable bonds is 5. The molecular weight excluding hydrogens is 350 g/mol. The molecule has 6 nitrogen and oxygen atoms in total. The minimum atomic E-state index is -0.414. The van der Waals surface area contributed by atoms with Crippen LogP contribution in [0.15, 0.2) is 48.8 Å². The molecule has 1 amide bonds. The number of nitrogens with zero attached hydrogens (tertiary/aromatic N) is 3. The number of anilines is 2.